The van der Waals surface area contributed by atoms with Gasteiger partial charge in [-0.15, -0.1) is 0 Å². The molecule has 1 heterocycles. The van der Waals surface area contributed by atoms with Gasteiger partial charge in [-0.2, -0.15) is 0 Å². The molecule has 6 N–H and O–H groups in total. The lowest BCUT2D eigenvalue weighted by molar-refractivity contribution is -0.393. The summed E-state index contributed by atoms with van der Waals surface area (Å²) in [6, 6.07) is 0. The number of carboxylic acid groups (broad SMARTS) is 1. The van der Waals surface area contributed by atoms with E-state index in [0.717, 1.165) is 6.20 Å². The zero-order valence-electron chi connectivity index (χ0n) is 10.2. The molecule has 1 rings (SSSR count). The molecule has 0 unspecified atom stereocenters. The first-order valence-corrected chi connectivity index (χ1v) is 5.35. The Morgan fingerprint density at radius 3 is 2.14 bits per heavy atom. The number of aromatic nitrogens is 2. The van der Waals surface area contributed by atoms with Crippen molar-refractivity contribution in [3.05, 3.63) is 22.0 Å². The molecule has 0 saturated carbocycles. The number of hydrogen-bond donors (Lipinski definition) is 6. The summed E-state index contributed by atoms with van der Waals surface area (Å²) in [7, 11) is 0. The van der Waals surface area contributed by atoms with Crippen molar-refractivity contribution < 1.29 is 40.0 Å². The van der Waals surface area contributed by atoms with Crippen LogP contribution in [0.1, 0.15) is 10.5 Å². The standard InChI is InChI=1S/C9H11N3O9/c13-3(2-1-10-9(11-2)12(20)21)4(14)5(15)6(16)7(17)8(18)19/h1,4-7,14-17H,(H,10,11)(H,18,19)/t4-,5+,6-,7-/m0/s1. The topological polar surface area (TPSA) is 207 Å². The largest absolute Gasteiger partial charge is 0.479 e. The molecule has 0 aromatic carbocycles. The first-order valence-electron chi connectivity index (χ1n) is 5.35. The number of aromatic amines is 1. The quantitative estimate of drug-likeness (QED) is 0.171. The number of Topliss-reactive ketones (excluding diaryl/α,β-unsaturated/α-hetero) is 1. The number of rotatable bonds is 7. The van der Waals surface area contributed by atoms with Crippen LogP contribution in [-0.2, 0) is 4.79 Å². The molecule has 116 valence electrons. The van der Waals surface area contributed by atoms with Gasteiger partial charge in [-0.1, -0.05) is 4.98 Å². The minimum Gasteiger partial charge on any atom is -0.479 e. The SMILES string of the molecule is O=C(O)[C@@H](O)[C@@H](O)[C@H](O)[C@@H](O)C(=O)c1cnc([N+](=O)[O-])[nH]1. The third-order valence-corrected chi connectivity index (χ3v) is 2.52. The van der Waals surface area contributed by atoms with Gasteiger partial charge in [-0.3, -0.25) is 4.79 Å². The van der Waals surface area contributed by atoms with Crippen molar-refractivity contribution in [2.24, 2.45) is 0 Å². The molecule has 4 atom stereocenters. The number of nitro groups is 1. The van der Waals surface area contributed by atoms with Gasteiger partial charge in [-0.25, -0.2) is 9.78 Å². The number of carbonyl (C=O) groups is 2. The normalized spacial score (nSPS) is 16.8. The molecule has 0 aliphatic carbocycles. The van der Waals surface area contributed by atoms with Gasteiger partial charge < -0.3 is 35.6 Å². The first-order chi connectivity index (χ1) is 9.66. The Kier molecular flexibility index (Phi) is 5.04. The highest BCUT2D eigenvalue weighted by atomic mass is 16.6. The predicted molar refractivity (Wildman–Crippen MR) is 61.2 cm³/mol. The van der Waals surface area contributed by atoms with Crippen LogP contribution in [0.15, 0.2) is 6.20 Å². The van der Waals surface area contributed by atoms with Crippen molar-refractivity contribution in [1.29, 1.82) is 0 Å². The van der Waals surface area contributed by atoms with Crippen LogP contribution in [0.5, 0.6) is 0 Å². The van der Waals surface area contributed by atoms with Gasteiger partial charge in [-0.05, 0) is 4.92 Å². The van der Waals surface area contributed by atoms with Gasteiger partial charge in [0.05, 0.1) is 0 Å². The minimum absolute atomic E-state index is 0.537. The van der Waals surface area contributed by atoms with E-state index in [2.05, 4.69) is 4.98 Å². The summed E-state index contributed by atoms with van der Waals surface area (Å²) in [5.41, 5.74) is -0.537. The summed E-state index contributed by atoms with van der Waals surface area (Å²) in [6.45, 7) is 0. The van der Waals surface area contributed by atoms with E-state index in [4.69, 9.17) is 10.2 Å². The van der Waals surface area contributed by atoms with E-state index in [1.807, 2.05) is 4.98 Å². The number of aliphatic carboxylic acids is 1. The first kappa shape index (κ1) is 16.6. The smallest absolute Gasteiger partial charge is 0.432 e. The number of imidazole rings is 1. The summed E-state index contributed by atoms with van der Waals surface area (Å²) in [5.74, 6) is -3.94. The molecule has 0 aliphatic heterocycles. The van der Waals surface area contributed by atoms with E-state index in [1.54, 1.807) is 0 Å². The summed E-state index contributed by atoms with van der Waals surface area (Å²) < 4.78 is 0. The molecule has 12 nitrogen and oxygen atoms in total. The van der Waals surface area contributed by atoms with Gasteiger partial charge in [0, 0.05) is 0 Å². The number of H-pyrrole nitrogens is 1. The maximum absolute atomic E-state index is 11.7. The molecule has 1 aromatic heterocycles. The lowest BCUT2D eigenvalue weighted by Crippen LogP contribution is -2.50. The second kappa shape index (κ2) is 6.36. The molecular weight excluding hydrogens is 294 g/mol. The molecule has 12 heteroatoms. The van der Waals surface area contributed by atoms with Crippen LogP contribution >= 0.6 is 0 Å². The van der Waals surface area contributed by atoms with Crippen LogP contribution in [-0.4, -0.2) is 76.6 Å². The monoisotopic (exact) mass is 305 g/mol. The van der Waals surface area contributed by atoms with Crippen LogP contribution in [0.25, 0.3) is 0 Å². The van der Waals surface area contributed by atoms with E-state index in [9.17, 15) is 35.0 Å². The molecule has 1 aromatic rings. The van der Waals surface area contributed by atoms with Crippen molar-refractivity contribution >= 4 is 17.7 Å². The summed E-state index contributed by atoms with van der Waals surface area (Å²) >= 11 is 0. The molecule has 0 spiro atoms. The Morgan fingerprint density at radius 1 is 1.19 bits per heavy atom. The van der Waals surface area contributed by atoms with Crippen molar-refractivity contribution in [3.8, 4) is 0 Å². The van der Waals surface area contributed by atoms with Gasteiger partial charge >= 0.3 is 11.9 Å². The van der Waals surface area contributed by atoms with E-state index < -0.39 is 52.7 Å². The Hall–Kier alpha value is -2.41. The highest BCUT2D eigenvalue weighted by molar-refractivity contribution is 5.98. The van der Waals surface area contributed by atoms with Gasteiger partial charge in [0.2, 0.25) is 5.78 Å². The number of aliphatic hydroxyl groups is 4. The van der Waals surface area contributed by atoms with Crippen molar-refractivity contribution in [3.63, 3.8) is 0 Å². The highest BCUT2D eigenvalue weighted by Gasteiger charge is 2.39. The summed E-state index contributed by atoms with van der Waals surface area (Å²) in [4.78, 5) is 36.7. The molecule has 21 heavy (non-hydrogen) atoms. The lowest BCUT2D eigenvalue weighted by atomic mass is 9.99. The number of nitrogens with one attached hydrogen (secondary N) is 1. The Morgan fingerprint density at radius 2 is 1.71 bits per heavy atom. The van der Waals surface area contributed by atoms with Crippen LogP contribution in [0.2, 0.25) is 0 Å². The lowest BCUT2D eigenvalue weighted by Gasteiger charge is -2.23. The van der Waals surface area contributed by atoms with Gasteiger partial charge in [0.15, 0.2) is 11.8 Å². The van der Waals surface area contributed by atoms with Crippen LogP contribution in [0.4, 0.5) is 5.95 Å². The Balaban J connectivity index is 2.85. The molecule has 0 bridgehead atoms. The van der Waals surface area contributed by atoms with Gasteiger partial charge in [0.1, 0.15) is 24.5 Å². The predicted octanol–water partition coefficient (Wildman–Crippen LogP) is -2.97. The Bertz CT molecular complexity index is 556. The van der Waals surface area contributed by atoms with Crippen LogP contribution in [0, 0.1) is 10.1 Å². The number of carbonyl (C=O) groups excluding carboxylic acids is 1. The van der Waals surface area contributed by atoms with E-state index in [0.29, 0.717) is 0 Å². The number of hydrogen-bond acceptors (Lipinski definition) is 9. The summed E-state index contributed by atoms with van der Waals surface area (Å²) in [5, 5.41) is 56.0. The second-order valence-corrected chi connectivity index (χ2v) is 3.95. The molecule has 0 radical (unpaired) electrons. The third kappa shape index (κ3) is 3.57. The fourth-order valence-corrected chi connectivity index (χ4v) is 1.36. The maximum Gasteiger partial charge on any atom is 0.432 e. The van der Waals surface area contributed by atoms with Crippen molar-refractivity contribution in [2.45, 2.75) is 24.4 Å². The number of aliphatic hydroxyl groups excluding tert-OH is 4. The number of carboxylic acids is 1. The van der Waals surface area contributed by atoms with E-state index in [1.165, 1.54) is 0 Å². The third-order valence-electron chi connectivity index (χ3n) is 2.52. The fraction of sp³-hybridized carbons (Fsp3) is 0.444. The van der Waals surface area contributed by atoms with Crippen LogP contribution in [0.3, 0.4) is 0 Å². The average Bonchev–Trinajstić information content (AvgIpc) is 2.93. The number of nitrogens with zero attached hydrogens (tertiary/aromatic N) is 2. The fourth-order valence-electron chi connectivity index (χ4n) is 1.36. The van der Waals surface area contributed by atoms with Crippen molar-refractivity contribution in [1.82, 2.24) is 9.97 Å². The number of ketones is 1. The molecule has 0 aliphatic rings. The van der Waals surface area contributed by atoms with E-state index >= 15 is 0 Å². The van der Waals surface area contributed by atoms with E-state index in [-0.39, 0.29) is 0 Å². The minimum atomic E-state index is -2.43. The summed E-state index contributed by atoms with van der Waals surface area (Å²) in [6.07, 6.45) is -8.71. The highest BCUT2D eigenvalue weighted by Crippen LogP contribution is 2.12. The molecule has 0 amide bonds. The second-order valence-electron chi connectivity index (χ2n) is 3.95. The molecule has 0 fully saturated rings. The average molecular weight is 305 g/mol. The zero-order chi connectivity index (χ0) is 16.3. The van der Waals surface area contributed by atoms with Crippen molar-refractivity contribution in [2.75, 3.05) is 0 Å². The molecule has 0 saturated heterocycles. The molecular formula is C9H11N3O9. The van der Waals surface area contributed by atoms with Gasteiger partial charge in [0.25, 0.3) is 0 Å². The maximum atomic E-state index is 11.7. The Labute approximate surface area is 115 Å². The van der Waals surface area contributed by atoms with Crippen LogP contribution < -0.4 is 0 Å². The zero-order valence-corrected chi connectivity index (χ0v) is 10.2.